The van der Waals surface area contributed by atoms with Crippen LogP contribution in [0, 0.1) is 12.7 Å². The van der Waals surface area contributed by atoms with Crippen molar-refractivity contribution in [3.63, 3.8) is 0 Å². The Balaban J connectivity index is 1.35. The summed E-state index contributed by atoms with van der Waals surface area (Å²) in [7, 11) is 0. The van der Waals surface area contributed by atoms with E-state index in [1.807, 2.05) is 23.1 Å². The van der Waals surface area contributed by atoms with Crippen LogP contribution in [-0.2, 0) is 11.2 Å². The molecule has 0 bridgehead atoms. The van der Waals surface area contributed by atoms with Crippen LogP contribution in [0.15, 0.2) is 54.6 Å². The molecule has 0 N–H and O–H groups in total. The van der Waals surface area contributed by atoms with Gasteiger partial charge in [0, 0.05) is 49.7 Å². The van der Waals surface area contributed by atoms with E-state index < -0.39 is 0 Å². The first-order chi connectivity index (χ1) is 15.0. The van der Waals surface area contributed by atoms with Crippen molar-refractivity contribution in [2.24, 2.45) is 0 Å². The maximum absolute atomic E-state index is 13.6. The zero-order valence-electron chi connectivity index (χ0n) is 17.7. The number of halogens is 1. The molecule has 0 atom stereocenters. The topological polar surface area (TPSA) is 53.5 Å². The number of hydrogen-bond acceptors (Lipinski definition) is 3. The number of aryl methyl sites for hydroxylation is 2. The molecule has 5 nitrogen and oxygen atoms in total. The van der Waals surface area contributed by atoms with Crippen LogP contribution in [0.3, 0.4) is 0 Å². The van der Waals surface area contributed by atoms with Gasteiger partial charge in [0.05, 0.1) is 11.1 Å². The van der Waals surface area contributed by atoms with Crippen LogP contribution in [0.2, 0.25) is 0 Å². The van der Waals surface area contributed by atoms with Gasteiger partial charge in [-0.05, 0) is 43.5 Å². The monoisotopic (exact) mass is 419 g/mol. The first-order valence-corrected chi connectivity index (χ1v) is 10.7. The number of pyridine rings is 1. The maximum Gasteiger partial charge on any atom is 0.254 e. The van der Waals surface area contributed by atoms with Crippen molar-refractivity contribution in [3.05, 3.63) is 77.2 Å². The molecule has 6 heteroatoms. The van der Waals surface area contributed by atoms with Gasteiger partial charge in [-0.15, -0.1) is 0 Å². The average Bonchev–Trinajstić information content (AvgIpc) is 2.78. The molecule has 2 aromatic carbocycles. The summed E-state index contributed by atoms with van der Waals surface area (Å²) in [4.78, 5) is 33.7. The highest BCUT2D eigenvalue weighted by Crippen LogP contribution is 2.22. The zero-order chi connectivity index (χ0) is 21.8. The van der Waals surface area contributed by atoms with E-state index in [-0.39, 0.29) is 17.6 Å². The molecule has 3 aromatic rings. The molecule has 2 heterocycles. The lowest BCUT2D eigenvalue weighted by atomic mass is 10.1. The Morgan fingerprint density at radius 3 is 2.42 bits per heavy atom. The minimum Gasteiger partial charge on any atom is -0.339 e. The molecule has 4 rings (SSSR count). The van der Waals surface area contributed by atoms with Gasteiger partial charge < -0.3 is 9.80 Å². The van der Waals surface area contributed by atoms with E-state index in [1.165, 1.54) is 17.7 Å². The highest BCUT2D eigenvalue weighted by Gasteiger charge is 2.26. The SMILES string of the molecule is Cc1cc(C(=O)N2CCN(C(=O)CCCc3ccccc3)CC2)c2ccc(F)cc2n1. The number of rotatable bonds is 5. The van der Waals surface area contributed by atoms with Crippen LogP contribution in [-0.4, -0.2) is 52.8 Å². The third-order valence-electron chi connectivity index (χ3n) is 5.75. The van der Waals surface area contributed by atoms with E-state index in [1.54, 1.807) is 24.0 Å². The number of nitrogens with zero attached hydrogens (tertiary/aromatic N) is 3. The van der Waals surface area contributed by atoms with Crippen LogP contribution in [0.5, 0.6) is 0 Å². The molecule has 1 fully saturated rings. The number of hydrogen-bond donors (Lipinski definition) is 0. The van der Waals surface area contributed by atoms with E-state index in [2.05, 4.69) is 17.1 Å². The number of benzene rings is 2. The third-order valence-corrected chi connectivity index (χ3v) is 5.75. The maximum atomic E-state index is 13.6. The lowest BCUT2D eigenvalue weighted by Gasteiger charge is -2.35. The van der Waals surface area contributed by atoms with Gasteiger partial charge in [0.2, 0.25) is 5.91 Å². The molecule has 1 saturated heterocycles. The standard InChI is InChI=1S/C25H26FN3O2/c1-18-16-22(21-11-10-20(26)17-23(21)27-18)25(31)29-14-12-28(13-15-29)24(30)9-5-8-19-6-3-2-4-7-19/h2-4,6-7,10-11,16-17H,5,8-9,12-15H2,1H3. The van der Waals surface area contributed by atoms with Gasteiger partial charge in [0.15, 0.2) is 0 Å². The second kappa shape index (κ2) is 9.25. The summed E-state index contributed by atoms with van der Waals surface area (Å²) in [5, 5.41) is 0.649. The number of piperazine rings is 1. The highest BCUT2D eigenvalue weighted by molar-refractivity contribution is 6.06. The Kier molecular flexibility index (Phi) is 6.26. The number of carbonyl (C=O) groups excluding carboxylic acids is 2. The molecule has 160 valence electrons. The first-order valence-electron chi connectivity index (χ1n) is 10.7. The van der Waals surface area contributed by atoms with Gasteiger partial charge in [-0.1, -0.05) is 30.3 Å². The number of fused-ring (bicyclic) bond motifs is 1. The molecular formula is C25H26FN3O2. The average molecular weight is 420 g/mol. The zero-order valence-corrected chi connectivity index (χ0v) is 17.7. The molecular weight excluding hydrogens is 393 g/mol. The van der Waals surface area contributed by atoms with E-state index in [4.69, 9.17) is 0 Å². The predicted molar refractivity (Wildman–Crippen MR) is 118 cm³/mol. The van der Waals surface area contributed by atoms with Gasteiger partial charge >= 0.3 is 0 Å². The van der Waals surface area contributed by atoms with Crippen molar-refractivity contribution < 1.29 is 14.0 Å². The van der Waals surface area contributed by atoms with Crippen LogP contribution in [0.1, 0.15) is 34.5 Å². The van der Waals surface area contributed by atoms with Crippen LogP contribution < -0.4 is 0 Å². The lowest BCUT2D eigenvalue weighted by molar-refractivity contribution is -0.132. The Bertz CT molecular complexity index is 1090. The molecule has 0 saturated carbocycles. The number of carbonyl (C=O) groups is 2. The fourth-order valence-corrected chi connectivity index (χ4v) is 4.09. The van der Waals surface area contributed by atoms with Crippen molar-refractivity contribution in [3.8, 4) is 0 Å². The van der Waals surface area contributed by atoms with Gasteiger partial charge in [-0.3, -0.25) is 14.6 Å². The molecule has 0 unspecified atom stereocenters. The van der Waals surface area contributed by atoms with Gasteiger partial charge in [0.25, 0.3) is 5.91 Å². The molecule has 1 aromatic heterocycles. The summed E-state index contributed by atoms with van der Waals surface area (Å²) >= 11 is 0. The van der Waals surface area contributed by atoms with Crippen molar-refractivity contribution >= 4 is 22.7 Å². The number of amides is 2. The van der Waals surface area contributed by atoms with Crippen LogP contribution >= 0.6 is 0 Å². The molecule has 1 aliphatic heterocycles. The van der Waals surface area contributed by atoms with Gasteiger partial charge in [0.1, 0.15) is 5.82 Å². The summed E-state index contributed by atoms with van der Waals surface area (Å²) in [6, 6.07) is 16.2. The molecule has 1 aliphatic rings. The summed E-state index contributed by atoms with van der Waals surface area (Å²) in [5.74, 6) is -0.328. The molecule has 0 spiro atoms. The van der Waals surface area contributed by atoms with Crippen molar-refractivity contribution in [1.82, 2.24) is 14.8 Å². The second-order valence-corrected chi connectivity index (χ2v) is 7.98. The third kappa shape index (κ3) is 4.90. The highest BCUT2D eigenvalue weighted by atomic mass is 19.1. The van der Waals surface area contributed by atoms with Crippen molar-refractivity contribution in [1.29, 1.82) is 0 Å². The van der Waals surface area contributed by atoms with E-state index >= 15 is 0 Å². The molecule has 2 amide bonds. The van der Waals surface area contributed by atoms with Gasteiger partial charge in [-0.2, -0.15) is 0 Å². The Morgan fingerprint density at radius 1 is 0.968 bits per heavy atom. The van der Waals surface area contributed by atoms with Crippen molar-refractivity contribution in [2.45, 2.75) is 26.2 Å². The van der Waals surface area contributed by atoms with Crippen molar-refractivity contribution in [2.75, 3.05) is 26.2 Å². The summed E-state index contributed by atoms with van der Waals surface area (Å²) < 4.78 is 13.6. The first kappa shape index (κ1) is 21.0. The smallest absolute Gasteiger partial charge is 0.254 e. The fourth-order valence-electron chi connectivity index (χ4n) is 4.09. The van der Waals surface area contributed by atoms with Crippen LogP contribution in [0.25, 0.3) is 10.9 Å². The van der Waals surface area contributed by atoms with E-state index in [0.29, 0.717) is 54.8 Å². The largest absolute Gasteiger partial charge is 0.339 e. The summed E-state index contributed by atoms with van der Waals surface area (Å²) in [6.07, 6.45) is 2.23. The summed E-state index contributed by atoms with van der Waals surface area (Å²) in [6.45, 7) is 3.85. The molecule has 31 heavy (non-hydrogen) atoms. The lowest BCUT2D eigenvalue weighted by Crippen LogP contribution is -2.50. The van der Waals surface area contributed by atoms with Gasteiger partial charge in [-0.25, -0.2) is 4.39 Å². The second-order valence-electron chi connectivity index (χ2n) is 7.98. The Labute approximate surface area is 181 Å². The minimum atomic E-state index is -0.372. The van der Waals surface area contributed by atoms with E-state index in [9.17, 15) is 14.0 Å². The molecule has 0 radical (unpaired) electrons. The van der Waals surface area contributed by atoms with E-state index in [0.717, 1.165) is 12.8 Å². The number of aromatic nitrogens is 1. The normalized spacial score (nSPS) is 14.1. The minimum absolute atomic E-state index is 0.0988. The quantitative estimate of drug-likeness (QED) is 0.628. The summed E-state index contributed by atoms with van der Waals surface area (Å²) in [5.41, 5.74) is 2.93. The Hall–Kier alpha value is -3.28. The molecule has 0 aliphatic carbocycles. The Morgan fingerprint density at radius 2 is 1.68 bits per heavy atom. The van der Waals surface area contributed by atoms with Crippen LogP contribution in [0.4, 0.5) is 4.39 Å². The fraction of sp³-hybridized carbons (Fsp3) is 0.320. The predicted octanol–water partition coefficient (Wildman–Crippen LogP) is 3.99.